The number of carbonyl (C=O) groups excluding carboxylic acids is 2. The van der Waals surface area contributed by atoms with Crippen molar-refractivity contribution >= 4 is 40.9 Å². The van der Waals surface area contributed by atoms with Gasteiger partial charge >= 0.3 is 0 Å². The molecule has 0 unspecified atom stereocenters. The minimum Gasteiger partial charge on any atom is -0.317 e. The maximum atomic E-state index is 13.5. The van der Waals surface area contributed by atoms with Crippen LogP contribution in [0.3, 0.4) is 0 Å². The van der Waals surface area contributed by atoms with E-state index in [2.05, 4.69) is 42.8 Å². The summed E-state index contributed by atoms with van der Waals surface area (Å²) in [7, 11) is 0. The normalized spacial score (nSPS) is 15.3. The number of rotatable bonds is 3. The van der Waals surface area contributed by atoms with Crippen molar-refractivity contribution in [2.45, 2.75) is 48.5 Å². The van der Waals surface area contributed by atoms with Crippen molar-refractivity contribution in [2.24, 2.45) is 0 Å². The first-order valence-electron chi connectivity index (χ1n) is 11.3. The average molecular weight is 472 g/mol. The Balaban J connectivity index is 1.82. The third kappa shape index (κ3) is 3.88. The van der Waals surface area contributed by atoms with Crippen molar-refractivity contribution in [3.8, 4) is 5.69 Å². The highest BCUT2D eigenvalue weighted by Gasteiger charge is 2.35. The van der Waals surface area contributed by atoms with Crippen LogP contribution in [0.1, 0.15) is 44.8 Å². The molecular weight excluding hydrogens is 442 g/mol. The average Bonchev–Trinajstić information content (AvgIpc) is 3.01. The third-order valence-electron chi connectivity index (χ3n) is 6.55. The Kier molecular flexibility index (Phi) is 6.04. The molecule has 2 aromatic carbocycles. The maximum absolute atomic E-state index is 13.5. The van der Waals surface area contributed by atoms with Crippen molar-refractivity contribution in [2.75, 3.05) is 4.90 Å². The lowest BCUT2D eigenvalue weighted by Gasteiger charge is -2.30. The van der Waals surface area contributed by atoms with Gasteiger partial charge in [-0.15, -0.1) is 0 Å². The highest BCUT2D eigenvalue weighted by atomic mass is 32.1. The van der Waals surface area contributed by atoms with Gasteiger partial charge in [-0.1, -0.05) is 29.8 Å². The topological polar surface area (TPSA) is 54.3 Å². The quantitative estimate of drug-likeness (QED) is 0.313. The van der Waals surface area contributed by atoms with Crippen molar-refractivity contribution in [1.82, 2.24) is 9.88 Å². The number of hydrogen-bond donors (Lipinski definition) is 1. The number of anilines is 1. The first kappa shape index (κ1) is 23.6. The summed E-state index contributed by atoms with van der Waals surface area (Å²) in [6.45, 7) is 14.3. The predicted molar refractivity (Wildman–Crippen MR) is 142 cm³/mol. The second kappa shape index (κ2) is 8.69. The Morgan fingerprint density at radius 2 is 1.53 bits per heavy atom. The van der Waals surface area contributed by atoms with Crippen molar-refractivity contribution in [1.29, 1.82) is 0 Å². The molecule has 0 radical (unpaired) electrons. The first-order valence-corrected chi connectivity index (χ1v) is 11.7. The van der Waals surface area contributed by atoms with Crippen molar-refractivity contribution in [3.63, 3.8) is 0 Å². The van der Waals surface area contributed by atoms with Crippen LogP contribution >= 0.6 is 12.2 Å². The standard InChI is InChI=1S/C28H29N3O2S/c1-15-11-17(3)25(18(4)12-15)30-19(5)13-22(21(30)7)14-23-26(32)29-28(34)31(27(23)33)24-10-8-9-16(2)20(24)6/h8-14H,1-7H3,(H,29,32,34)/b23-14+. The van der Waals surface area contributed by atoms with Gasteiger partial charge in [0.1, 0.15) is 5.57 Å². The second-order valence-corrected chi connectivity index (χ2v) is 9.47. The summed E-state index contributed by atoms with van der Waals surface area (Å²) < 4.78 is 2.19. The van der Waals surface area contributed by atoms with Crippen LogP contribution in [-0.4, -0.2) is 21.5 Å². The van der Waals surface area contributed by atoms with E-state index in [1.54, 1.807) is 6.08 Å². The maximum Gasteiger partial charge on any atom is 0.270 e. The minimum absolute atomic E-state index is 0.0621. The molecule has 1 aliphatic heterocycles. The predicted octanol–water partition coefficient (Wildman–Crippen LogP) is 5.47. The van der Waals surface area contributed by atoms with E-state index in [0.29, 0.717) is 5.69 Å². The molecule has 3 aromatic rings. The molecule has 0 aliphatic carbocycles. The van der Waals surface area contributed by atoms with E-state index in [1.165, 1.54) is 21.6 Å². The number of thiocarbonyl (C=S) groups is 1. The lowest BCUT2D eigenvalue weighted by molar-refractivity contribution is -0.122. The molecular formula is C28H29N3O2S. The molecule has 4 rings (SSSR count). The molecule has 34 heavy (non-hydrogen) atoms. The van der Waals surface area contributed by atoms with Crippen LogP contribution in [-0.2, 0) is 9.59 Å². The molecule has 0 saturated carbocycles. The Bertz CT molecular complexity index is 1390. The smallest absolute Gasteiger partial charge is 0.270 e. The third-order valence-corrected chi connectivity index (χ3v) is 6.83. The second-order valence-electron chi connectivity index (χ2n) is 9.09. The fraction of sp³-hybridized carbons (Fsp3) is 0.250. The fourth-order valence-electron chi connectivity index (χ4n) is 4.81. The molecule has 1 aromatic heterocycles. The number of hydrogen-bond acceptors (Lipinski definition) is 3. The lowest BCUT2D eigenvalue weighted by Crippen LogP contribution is -2.54. The van der Waals surface area contributed by atoms with Gasteiger partial charge in [0.15, 0.2) is 5.11 Å². The number of aromatic nitrogens is 1. The summed E-state index contributed by atoms with van der Waals surface area (Å²) in [5.41, 5.74) is 10.2. The highest BCUT2D eigenvalue weighted by Crippen LogP contribution is 2.30. The van der Waals surface area contributed by atoms with Crippen LogP contribution in [0.2, 0.25) is 0 Å². The van der Waals surface area contributed by atoms with Gasteiger partial charge in [-0.25, -0.2) is 0 Å². The van der Waals surface area contributed by atoms with E-state index in [9.17, 15) is 9.59 Å². The minimum atomic E-state index is -0.482. The van der Waals surface area contributed by atoms with Gasteiger partial charge in [-0.2, -0.15) is 0 Å². The molecule has 1 saturated heterocycles. The lowest BCUT2D eigenvalue weighted by atomic mass is 10.0. The zero-order valence-electron chi connectivity index (χ0n) is 20.7. The molecule has 1 aliphatic rings. The SMILES string of the molecule is Cc1cc(C)c(-n2c(C)cc(/C=C3\C(=O)NC(=S)N(c4cccc(C)c4C)C3=O)c2C)c(C)c1. The fourth-order valence-corrected chi connectivity index (χ4v) is 5.09. The molecule has 0 bridgehead atoms. The van der Waals surface area contributed by atoms with Gasteiger partial charge in [0.25, 0.3) is 11.8 Å². The summed E-state index contributed by atoms with van der Waals surface area (Å²) in [5.74, 6) is -0.904. The number of nitrogens with one attached hydrogen (secondary N) is 1. The van der Waals surface area contributed by atoms with E-state index < -0.39 is 11.8 Å². The summed E-state index contributed by atoms with van der Waals surface area (Å²) in [5, 5.41) is 2.79. The van der Waals surface area contributed by atoms with Gasteiger partial charge in [-0.3, -0.25) is 19.8 Å². The zero-order valence-corrected chi connectivity index (χ0v) is 21.5. The van der Waals surface area contributed by atoms with Gasteiger partial charge in [0.05, 0.1) is 11.4 Å². The van der Waals surface area contributed by atoms with Gasteiger partial charge in [0.2, 0.25) is 0 Å². The molecule has 6 heteroatoms. The van der Waals surface area contributed by atoms with E-state index >= 15 is 0 Å². The molecule has 0 atom stereocenters. The van der Waals surface area contributed by atoms with Crippen LogP contribution in [0, 0.1) is 48.5 Å². The first-order chi connectivity index (χ1) is 16.0. The van der Waals surface area contributed by atoms with Crippen LogP contribution in [0.4, 0.5) is 5.69 Å². The molecule has 1 fully saturated rings. The molecule has 1 N–H and O–H groups in total. The molecule has 2 amide bonds. The number of amides is 2. The molecule has 174 valence electrons. The van der Waals surface area contributed by atoms with Crippen molar-refractivity contribution in [3.05, 3.63) is 86.7 Å². The Labute approximate surface area is 206 Å². The number of aryl methyl sites for hydroxylation is 5. The number of benzene rings is 2. The van der Waals surface area contributed by atoms with E-state index in [1.807, 2.05) is 52.0 Å². The number of nitrogens with zero attached hydrogens (tertiary/aromatic N) is 2. The summed E-state index contributed by atoms with van der Waals surface area (Å²) in [6.07, 6.45) is 1.68. The van der Waals surface area contributed by atoms with Crippen LogP contribution < -0.4 is 10.2 Å². The van der Waals surface area contributed by atoms with Crippen LogP contribution in [0.5, 0.6) is 0 Å². The summed E-state index contributed by atoms with van der Waals surface area (Å²) >= 11 is 5.38. The van der Waals surface area contributed by atoms with Crippen molar-refractivity contribution < 1.29 is 9.59 Å². The van der Waals surface area contributed by atoms with Gasteiger partial charge in [-0.05, 0) is 107 Å². The van der Waals surface area contributed by atoms with E-state index in [4.69, 9.17) is 12.2 Å². The van der Waals surface area contributed by atoms with Crippen LogP contribution in [0.15, 0.2) is 42.0 Å². The van der Waals surface area contributed by atoms with Crippen LogP contribution in [0.25, 0.3) is 11.8 Å². The monoisotopic (exact) mass is 471 g/mol. The van der Waals surface area contributed by atoms with Gasteiger partial charge in [0, 0.05) is 11.4 Å². The molecule has 0 spiro atoms. The van der Waals surface area contributed by atoms with E-state index in [-0.39, 0.29) is 10.7 Å². The zero-order chi connectivity index (χ0) is 24.9. The molecule has 2 heterocycles. The summed E-state index contributed by atoms with van der Waals surface area (Å²) in [4.78, 5) is 27.8. The van der Waals surface area contributed by atoms with Gasteiger partial charge < -0.3 is 4.57 Å². The Hall–Kier alpha value is -3.51. The Morgan fingerprint density at radius 1 is 0.882 bits per heavy atom. The van der Waals surface area contributed by atoms with E-state index in [0.717, 1.165) is 33.8 Å². The molecule has 5 nitrogen and oxygen atoms in total. The number of carbonyl (C=O) groups is 2. The summed E-state index contributed by atoms with van der Waals surface area (Å²) in [6, 6.07) is 12.1. The Morgan fingerprint density at radius 3 is 2.18 bits per heavy atom. The largest absolute Gasteiger partial charge is 0.317 e. The highest BCUT2D eigenvalue weighted by molar-refractivity contribution is 7.80.